The van der Waals surface area contributed by atoms with Crippen LogP contribution in [0, 0.1) is 46.3 Å². The molecule has 1 heteroatoms. The van der Waals surface area contributed by atoms with Crippen molar-refractivity contribution in [2.75, 3.05) is 0 Å². The fourth-order valence-electron chi connectivity index (χ4n) is 8.64. The topological polar surface area (TPSA) is 0 Å². The van der Waals surface area contributed by atoms with E-state index < -0.39 is 0 Å². The maximum Gasteiger partial charge on any atom is 0.0373 e. The zero-order valence-electron chi connectivity index (χ0n) is 19.3. The SMILES string of the molecule is CC(C)CCC[C@@H](C)[C@H]1CC[C@H]2[C@@H]3CC=C4C[C@H](Cl)CC[C@]4(C)[C@H]3CC[C@]12C. The van der Waals surface area contributed by atoms with Crippen LogP contribution in [0.3, 0.4) is 0 Å². The molecule has 0 nitrogen and oxygen atoms in total. The Balaban J connectivity index is 1.49. The molecule has 0 aliphatic heterocycles. The minimum Gasteiger partial charge on any atom is -0.123 e. The molecule has 160 valence electrons. The number of halogens is 1. The average Bonchev–Trinajstić information content (AvgIpc) is 2.99. The largest absolute Gasteiger partial charge is 0.123 e. The summed E-state index contributed by atoms with van der Waals surface area (Å²) in [5.41, 5.74) is 2.82. The van der Waals surface area contributed by atoms with Gasteiger partial charge in [0.25, 0.3) is 0 Å². The average molecular weight is 405 g/mol. The molecule has 0 N–H and O–H groups in total. The lowest BCUT2D eigenvalue weighted by Gasteiger charge is -2.58. The predicted octanol–water partition coefficient (Wildman–Crippen LogP) is 8.64. The Bertz CT molecular complexity index is 591. The van der Waals surface area contributed by atoms with E-state index >= 15 is 0 Å². The standard InChI is InChI=1S/C27H45Cl/c1-18(2)7-6-8-19(3)23-11-12-24-22-10-9-20-17-21(28)13-15-26(20,4)25(22)14-16-27(23,24)5/h9,18-19,21-25H,6-8,10-17H2,1-5H3/t19-,21-,22+,23-,24+,25+,26+,27-/m1/s1. The second-order valence-electron chi connectivity index (χ2n) is 12.1. The van der Waals surface area contributed by atoms with E-state index in [9.17, 15) is 0 Å². The third-order valence-corrected chi connectivity index (χ3v) is 10.6. The number of hydrogen-bond donors (Lipinski definition) is 0. The molecule has 8 atom stereocenters. The van der Waals surface area contributed by atoms with Crippen LogP contribution in [0.25, 0.3) is 0 Å². The normalized spacial score (nSPS) is 46.5. The first-order chi connectivity index (χ1) is 13.3. The molecular weight excluding hydrogens is 360 g/mol. The fourth-order valence-corrected chi connectivity index (χ4v) is 8.92. The molecule has 4 aliphatic carbocycles. The maximum atomic E-state index is 6.56. The van der Waals surface area contributed by atoms with E-state index in [1.54, 1.807) is 5.57 Å². The summed E-state index contributed by atoms with van der Waals surface area (Å²) in [5.74, 6) is 5.62. The van der Waals surface area contributed by atoms with Crippen LogP contribution in [0.1, 0.15) is 105 Å². The van der Waals surface area contributed by atoms with Crippen LogP contribution in [0.5, 0.6) is 0 Å². The van der Waals surface area contributed by atoms with Crippen LogP contribution in [-0.2, 0) is 0 Å². The van der Waals surface area contributed by atoms with Crippen molar-refractivity contribution >= 4 is 11.6 Å². The number of alkyl halides is 1. The highest BCUT2D eigenvalue weighted by molar-refractivity contribution is 6.20. The summed E-state index contributed by atoms with van der Waals surface area (Å²) in [4.78, 5) is 0. The van der Waals surface area contributed by atoms with Crippen molar-refractivity contribution in [3.63, 3.8) is 0 Å². The summed E-state index contributed by atoms with van der Waals surface area (Å²) >= 11 is 6.56. The third kappa shape index (κ3) is 3.52. The maximum absolute atomic E-state index is 6.56. The number of allylic oxidation sites excluding steroid dienone is 2. The molecule has 4 aliphatic rings. The Labute approximate surface area is 180 Å². The molecule has 28 heavy (non-hydrogen) atoms. The van der Waals surface area contributed by atoms with Crippen LogP contribution in [-0.4, -0.2) is 5.38 Å². The minimum atomic E-state index is 0.396. The molecule has 0 amide bonds. The molecule has 0 heterocycles. The quantitative estimate of drug-likeness (QED) is 0.317. The smallest absolute Gasteiger partial charge is 0.0373 e. The van der Waals surface area contributed by atoms with Crippen LogP contribution in [0.15, 0.2) is 11.6 Å². The van der Waals surface area contributed by atoms with Gasteiger partial charge in [0.05, 0.1) is 0 Å². The second kappa shape index (κ2) is 7.94. The van der Waals surface area contributed by atoms with Crippen molar-refractivity contribution < 1.29 is 0 Å². The Morgan fingerprint density at radius 2 is 1.79 bits per heavy atom. The highest BCUT2D eigenvalue weighted by Crippen LogP contribution is 2.67. The van der Waals surface area contributed by atoms with Crippen molar-refractivity contribution in [1.29, 1.82) is 0 Å². The zero-order chi connectivity index (χ0) is 20.1. The van der Waals surface area contributed by atoms with E-state index in [1.165, 1.54) is 70.6 Å². The van der Waals surface area contributed by atoms with Crippen LogP contribution >= 0.6 is 11.6 Å². The molecule has 0 spiro atoms. The first kappa shape index (κ1) is 21.3. The van der Waals surface area contributed by atoms with Gasteiger partial charge in [-0.05, 0) is 97.7 Å². The van der Waals surface area contributed by atoms with Crippen LogP contribution < -0.4 is 0 Å². The summed E-state index contributed by atoms with van der Waals surface area (Å²) in [6.45, 7) is 12.7. The van der Waals surface area contributed by atoms with Gasteiger partial charge in [-0.1, -0.05) is 65.5 Å². The molecular formula is C27H45Cl. The van der Waals surface area contributed by atoms with Gasteiger partial charge >= 0.3 is 0 Å². The molecule has 0 radical (unpaired) electrons. The molecule has 3 saturated carbocycles. The van der Waals surface area contributed by atoms with Gasteiger partial charge < -0.3 is 0 Å². The Kier molecular flexibility index (Phi) is 6.03. The van der Waals surface area contributed by atoms with E-state index in [0.29, 0.717) is 16.2 Å². The van der Waals surface area contributed by atoms with Gasteiger partial charge in [0.15, 0.2) is 0 Å². The van der Waals surface area contributed by atoms with E-state index in [0.717, 1.165) is 35.5 Å². The third-order valence-electron chi connectivity index (χ3n) is 10.2. The van der Waals surface area contributed by atoms with Crippen LogP contribution in [0.4, 0.5) is 0 Å². The van der Waals surface area contributed by atoms with E-state index in [1.807, 2.05) is 0 Å². The summed E-state index contributed by atoms with van der Waals surface area (Å²) in [6, 6.07) is 0. The number of hydrogen-bond acceptors (Lipinski definition) is 0. The lowest BCUT2D eigenvalue weighted by molar-refractivity contribution is -0.0498. The molecule has 0 saturated heterocycles. The molecule has 4 rings (SSSR count). The van der Waals surface area contributed by atoms with E-state index in [2.05, 4.69) is 40.7 Å². The molecule has 0 aromatic heterocycles. The van der Waals surface area contributed by atoms with Gasteiger partial charge in [0.2, 0.25) is 0 Å². The van der Waals surface area contributed by atoms with Gasteiger partial charge in [-0.15, -0.1) is 11.6 Å². The molecule has 3 fully saturated rings. The summed E-state index contributed by atoms with van der Waals surface area (Å²) in [7, 11) is 0. The lowest BCUT2D eigenvalue weighted by atomic mass is 9.47. The van der Waals surface area contributed by atoms with Crippen molar-refractivity contribution in [3.8, 4) is 0 Å². The number of rotatable bonds is 5. The van der Waals surface area contributed by atoms with Crippen LogP contribution in [0.2, 0.25) is 0 Å². The first-order valence-electron chi connectivity index (χ1n) is 12.6. The summed E-state index contributed by atoms with van der Waals surface area (Å²) in [5, 5.41) is 0.396. The highest BCUT2D eigenvalue weighted by atomic mass is 35.5. The van der Waals surface area contributed by atoms with Gasteiger partial charge in [0, 0.05) is 5.38 Å². The predicted molar refractivity (Wildman–Crippen MR) is 123 cm³/mol. The van der Waals surface area contributed by atoms with Crippen molar-refractivity contribution in [2.45, 2.75) is 111 Å². The fraction of sp³-hybridized carbons (Fsp3) is 0.926. The van der Waals surface area contributed by atoms with Gasteiger partial charge in [-0.25, -0.2) is 0 Å². The molecule has 0 unspecified atom stereocenters. The Morgan fingerprint density at radius 1 is 1.00 bits per heavy atom. The summed E-state index contributed by atoms with van der Waals surface area (Å²) in [6.07, 6.45) is 18.0. The lowest BCUT2D eigenvalue weighted by Crippen LogP contribution is -2.50. The van der Waals surface area contributed by atoms with Crippen molar-refractivity contribution in [1.82, 2.24) is 0 Å². The van der Waals surface area contributed by atoms with E-state index in [4.69, 9.17) is 11.6 Å². The Hall–Kier alpha value is 0.0300. The Morgan fingerprint density at radius 3 is 2.54 bits per heavy atom. The van der Waals surface area contributed by atoms with Crippen molar-refractivity contribution in [2.24, 2.45) is 46.3 Å². The minimum absolute atomic E-state index is 0.396. The zero-order valence-corrected chi connectivity index (χ0v) is 20.0. The number of fused-ring (bicyclic) bond motifs is 5. The van der Waals surface area contributed by atoms with Crippen molar-refractivity contribution in [3.05, 3.63) is 11.6 Å². The monoisotopic (exact) mass is 404 g/mol. The molecule has 0 aromatic carbocycles. The van der Waals surface area contributed by atoms with Gasteiger partial charge in [0.1, 0.15) is 0 Å². The molecule has 0 aromatic rings. The van der Waals surface area contributed by atoms with Gasteiger partial charge in [-0.3, -0.25) is 0 Å². The molecule has 0 bridgehead atoms. The first-order valence-corrected chi connectivity index (χ1v) is 13.0. The van der Waals surface area contributed by atoms with E-state index in [-0.39, 0.29) is 0 Å². The highest BCUT2D eigenvalue weighted by Gasteiger charge is 2.58. The summed E-state index contributed by atoms with van der Waals surface area (Å²) < 4.78 is 0. The second-order valence-corrected chi connectivity index (χ2v) is 12.7. The van der Waals surface area contributed by atoms with Gasteiger partial charge in [-0.2, -0.15) is 0 Å².